The molecule has 1 N–H and O–H groups in total. The van der Waals surface area contributed by atoms with Crippen LogP contribution in [0.25, 0.3) is 5.57 Å². The van der Waals surface area contributed by atoms with Gasteiger partial charge in [-0.3, -0.25) is 9.69 Å². The fourth-order valence-electron chi connectivity index (χ4n) is 4.38. The maximum absolute atomic E-state index is 13.4. The third kappa shape index (κ3) is 4.23. The van der Waals surface area contributed by atoms with Crippen molar-refractivity contribution < 1.29 is 14.3 Å². The third-order valence-corrected chi connectivity index (χ3v) is 6.18. The van der Waals surface area contributed by atoms with Crippen molar-refractivity contribution in [1.29, 1.82) is 0 Å². The highest BCUT2D eigenvalue weighted by atomic mass is 16.5. The van der Waals surface area contributed by atoms with Gasteiger partial charge in [0.05, 0.1) is 14.2 Å². The van der Waals surface area contributed by atoms with Gasteiger partial charge in [0.2, 0.25) is 0 Å². The molecule has 1 atom stereocenters. The Labute approximate surface area is 184 Å². The van der Waals surface area contributed by atoms with Crippen LogP contribution in [-0.2, 0) is 4.79 Å². The number of hydrogen-bond acceptors (Lipinski definition) is 4. The van der Waals surface area contributed by atoms with Crippen LogP contribution < -0.4 is 14.8 Å². The molecule has 1 amide bonds. The van der Waals surface area contributed by atoms with Gasteiger partial charge in [-0.25, -0.2) is 0 Å². The van der Waals surface area contributed by atoms with Crippen molar-refractivity contribution in [3.63, 3.8) is 0 Å². The Bertz CT molecular complexity index is 1040. The zero-order valence-corrected chi connectivity index (χ0v) is 18.7. The number of amides is 1. The second kappa shape index (κ2) is 8.98. The van der Waals surface area contributed by atoms with Gasteiger partial charge in [-0.1, -0.05) is 25.1 Å². The van der Waals surface area contributed by atoms with Crippen LogP contribution in [-0.4, -0.2) is 38.1 Å². The molecule has 1 aromatic rings. The minimum absolute atomic E-state index is 0.0293. The summed E-state index contributed by atoms with van der Waals surface area (Å²) < 4.78 is 10.8. The summed E-state index contributed by atoms with van der Waals surface area (Å²) in [7, 11) is 3.25. The molecular formula is C26H30N2O3. The van der Waals surface area contributed by atoms with Crippen molar-refractivity contribution in [1.82, 2.24) is 10.2 Å². The molecule has 162 valence electrons. The van der Waals surface area contributed by atoms with Gasteiger partial charge >= 0.3 is 0 Å². The maximum atomic E-state index is 13.4. The molecule has 0 aliphatic carbocycles. The average Bonchev–Trinajstić information content (AvgIpc) is 2.80. The number of carbonyl (C=O) groups excluding carboxylic acids is 1. The van der Waals surface area contributed by atoms with Crippen molar-refractivity contribution in [3.05, 3.63) is 76.7 Å². The number of nitrogens with one attached hydrogen (secondary N) is 1. The van der Waals surface area contributed by atoms with E-state index in [1.807, 2.05) is 24.4 Å². The van der Waals surface area contributed by atoms with Gasteiger partial charge in [0.1, 0.15) is 0 Å². The Hall–Kier alpha value is -3.05. The van der Waals surface area contributed by atoms with Gasteiger partial charge in [-0.05, 0) is 78.3 Å². The first kappa shape index (κ1) is 21.2. The molecule has 0 aromatic heterocycles. The summed E-state index contributed by atoms with van der Waals surface area (Å²) in [6, 6.07) is 5.83. The number of nitrogens with zero attached hydrogens (tertiary/aromatic N) is 1. The van der Waals surface area contributed by atoms with E-state index in [9.17, 15) is 4.79 Å². The van der Waals surface area contributed by atoms with Gasteiger partial charge in [-0.15, -0.1) is 0 Å². The highest BCUT2D eigenvalue weighted by molar-refractivity contribution is 5.98. The molecule has 0 fully saturated rings. The normalized spacial score (nSPS) is 21.5. The summed E-state index contributed by atoms with van der Waals surface area (Å²) in [4.78, 5) is 15.2. The number of hydrogen-bond donors (Lipinski definition) is 1. The zero-order valence-electron chi connectivity index (χ0n) is 18.7. The summed E-state index contributed by atoms with van der Waals surface area (Å²) in [6.45, 7) is 6.12. The second-order valence-electron chi connectivity index (χ2n) is 8.20. The fraction of sp³-hybridized carbons (Fsp3) is 0.346. The van der Waals surface area contributed by atoms with Crippen LogP contribution >= 0.6 is 0 Å². The van der Waals surface area contributed by atoms with Crippen LogP contribution in [0.5, 0.6) is 11.5 Å². The van der Waals surface area contributed by atoms with Crippen molar-refractivity contribution in [3.8, 4) is 11.5 Å². The van der Waals surface area contributed by atoms with E-state index in [0.717, 1.165) is 48.3 Å². The van der Waals surface area contributed by atoms with Crippen LogP contribution in [0.4, 0.5) is 0 Å². The minimum Gasteiger partial charge on any atom is -0.493 e. The van der Waals surface area contributed by atoms with Gasteiger partial charge < -0.3 is 14.8 Å². The van der Waals surface area contributed by atoms with E-state index in [-0.39, 0.29) is 11.8 Å². The average molecular weight is 419 g/mol. The largest absolute Gasteiger partial charge is 0.493 e. The molecule has 1 unspecified atom stereocenters. The Morgan fingerprint density at radius 2 is 1.90 bits per heavy atom. The monoisotopic (exact) mass is 418 g/mol. The van der Waals surface area contributed by atoms with E-state index in [4.69, 9.17) is 9.47 Å². The Morgan fingerprint density at radius 1 is 1.10 bits per heavy atom. The molecular weight excluding hydrogens is 388 g/mol. The lowest BCUT2D eigenvalue weighted by molar-refractivity contribution is -0.122. The fourth-order valence-corrected chi connectivity index (χ4v) is 4.38. The van der Waals surface area contributed by atoms with Crippen LogP contribution in [0.2, 0.25) is 0 Å². The molecule has 0 bridgehead atoms. The van der Waals surface area contributed by atoms with Crippen molar-refractivity contribution >= 4 is 11.5 Å². The Morgan fingerprint density at radius 3 is 2.61 bits per heavy atom. The Kier molecular flexibility index (Phi) is 6.14. The topological polar surface area (TPSA) is 50.8 Å². The summed E-state index contributed by atoms with van der Waals surface area (Å²) in [5, 5.41) is 3.35. The van der Waals surface area contributed by atoms with Crippen molar-refractivity contribution in [2.75, 3.05) is 27.3 Å². The zero-order chi connectivity index (χ0) is 22.0. The second-order valence-corrected chi connectivity index (χ2v) is 8.20. The lowest BCUT2D eigenvalue weighted by Crippen LogP contribution is -2.29. The molecule has 0 radical (unpaired) electrons. The molecule has 3 heterocycles. The lowest BCUT2D eigenvalue weighted by Gasteiger charge is -2.30. The molecule has 0 spiro atoms. The van der Waals surface area contributed by atoms with E-state index >= 15 is 0 Å². The number of fused-ring (bicyclic) bond motifs is 1. The van der Waals surface area contributed by atoms with Crippen molar-refractivity contribution in [2.24, 2.45) is 5.92 Å². The highest BCUT2D eigenvalue weighted by Crippen LogP contribution is 2.37. The number of allylic oxidation sites excluding steroid dienone is 5. The number of benzene rings is 1. The van der Waals surface area contributed by atoms with E-state index in [1.165, 1.54) is 11.1 Å². The Balaban J connectivity index is 1.72. The third-order valence-electron chi connectivity index (χ3n) is 6.18. The van der Waals surface area contributed by atoms with E-state index < -0.39 is 0 Å². The lowest BCUT2D eigenvalue weighted by atomic mass is 9.87. The predicted octanol–water partition coefficient (Wildman–Crippen LogP) is 4.60. The summed E-state index contributed by atoms with van der Waals surface area (Å²) >= 11 is 0. The van der Waals surface area contributed by atoms with Gasteiger partial charge in [0.25, 0.3) is 5.91 Å². The van der Waals surface area contributed by atoms with Gasteiger partial charge in [-0.2, -0.15) is 0 Å². The molecule has 5 heteroatoms. The molecule has 3 aliphatic heterocycles. The minimum atomic E-state index is -0.0293. The smallest absolute Gasteiger partial charge is 0.255 e. The molecule has 1 aromatic carbocycles. The van der Waals surface area contributed by atoms with E-state index in [0.29, 0.717) is 11.5 Å². The van der Waals surface area contributed by atoms with Gasteiger partial charge in [0.15, 0.2) is 11.5 Å². The van der Waals surface area contributed by atoms with Crippen LogP contribution in [0, 0.1) is 5.92 Å². The number of rotatable bonds is 4. The van der Waals surface area contributed by atoms with E-state index in [2.05, 4.69) is 37.4 Å². The summed E-state index contributed by atoms with van der Waals surface area (Å²) in [6.07, 6.45) is 12.1. The standard InChI is InChI=1S/C26H30N2O3/c1-17-5-7-21-13-18(2)23(19-9-11-27-12-10-19)16-28(21)26(29)15-22(17)20-6-8-24(30-3)25(14-20)31-4/h6-9,13-17,27H,5,10-12H2,1-4H3. The predicted molar refractivity (Wildman–Crippen MR) is 124 cm³/mol. The van der Waals surface area contributed by atoms with Crippen molar-refractivity contribution in [2.45, 2.75) is 26.7 Å². The summed E-state index contributed by atoms with van der Waals surface area (Å²) in [5.74, 6) is 1.51. The van der Waals surface area contributed by atoms with Crippen LogP contribution in [0.1, 0.15) is 32.3 Å². The number of carbonyl (C=O) groups is 1. The molecule has 3 aliphatic rings. The molecule has 4 rings (SSSR count). The first-order valence-electron chi connectivity index (χ1n) is 10.8. The SMILES string of the molecule is COc1ccc(C2=CC(=O)N3C=C(C4=CCNCC4)C(C)=CC3=CCC2C)cc1OC. The number of ether oxygens (including phenoxy) is 2. The molecule has 0 saturated carbocycles. The molecule has 0 saturated heterocycles. The molecule has 31 heavy (non-hydrogen) atoms. The first-order chi connectivity index (χ1) is 15.0. The van der Waals surface area contributed by atoms with Gasteiger partial charge in [0, 0.05) is 24.5 Å². The molecule has 5 nitrogen and oxygen atoms in total. The highest BCUT2D eigenvalue weighted by Gasteiger charge is 2.25. The first-order valence-corrected chi connectivity index (χ1v) is 10.8. The number of methoxy groups -OCH3 is 2. The quantitative estimate of drug-likeness (QED) is 0.776. The van der Waals surface area contributed by atoms with Crippen LogP contribution in [0.3, 0.4) is 0 Å². The van der Waals surface area contributed by atoms with Crippen LogP contribution in [0.15, 0.2) is 71.1 Å². The van der Waals surface area contributed by atoms with E-state index in [1.54, 1.807) is 25.2 Å². The summed E-state index contributed by atoms with van der Waals surface area (Å²) in [5.41, 5.74) is 6.60. The maximum Gasteiger partial charge on any atom is 0.255 e.